The van der Waals surface area contributed by atoms with E-state index in [4.69, 9.17) is 21.4 Å². The Bertz CT molecular complexity index is 447. The Labute approximate surface area is 130 Å². The molecule has 5 nitrogen and oxygen atoms in total. The third-order valence-corrected chi connectivity index (χ3v) is 3.35. The fourth-order valence-electron chi connectivity index (χ4n) is 1.87. The van der Waals surface area contributed by atoms with Gasteiger partial charge in [-0.15, -0.1) is 0 Å². The number of aliphatic hydroxyl groups is 1. The highest BCUT2D eigenvalue weighted by molar-refractivity contribution is 6.32. The van der Waals surface area contributed by atoms with E-state index in [0.29, 0.717) is 36.0 Å². The molecule has 2 amide bonds. The van der Waals surface area contributed by atoms with Crippen LogP contribution in [0.5, 0.6) is 5.75 Å². The zero-order valence-corrected chi connectivity index (χ0v) is 13.3. The lowest BCUT2D eigenvalue weighted by Gasteiger charge is -2.22. The highest BCUT2D eigenvalue weighted by Gasteiger charge is 2.13. The quantitative estimate of drug-likeness (QED) is 0.773. The van der Waals surface area contributed by atoms with Crippen LogP contribution >= 0.6 is 11.6 Å². The number of rotatable bonds is 8. The van der Waals surface area contributed by atoms with Crippen LogP contribution in [0.1, 0.15) is 26.2 Å². The van der Waals surface area contributed by atoms with Crippen LogP contribution in [0.2, 0.25) is 5.02 Å². The maximum atomic E-state index is 12.2. The van der Waals surface area contributed by atoms with Gasteiger partial charge in [0.05, 0.1) is 12.1 Å². The first-order valence-electron chi connectivity index (χ1n) is 7.12. The summed E-state index contributed by atoms with van der Waals surface area (Å²) in [5, 5.41) is 12.2. The number of methoxy groups -OCH3 is 1. The van der Waals surface area contributed by atoms with Gasteiger partial charge in [-0.3, -0.25) is 0 Å². The highest BCUT2D eigenvalue weighted by Crippen LogP contribution is 2.27. The molecule has 0 aromatic heterocycles. The number of halogens is 1. The van der Waals surface area contributed by atoms with Crippen LogP contribution in [-0.2, 0) is 0 Å². The van der Waals surface area contributed by atoms with Crippen LogP contribution in [0.3, 0.4) is 0 Å². The SMILES string of the molecule is CCCCN(CCCO)C(=O)Nc1ccc(OC)c(Cl)c1. The predicted molar refractivity (Wildman–Crippen MR) is 85.2 cm³/mol. The summed E-state index contributed by atoms with van der Waals surface area (Å²) in [5.41, 5.74) is 0.622. The molecule has 0 spiro atoms. The van der Waals surface area contributed by atoms with Crippen molar-refractivity contribution in [3.63, 3.8) is 0 Å². The summed E-state index contributed by atoms with van der Waals surface area (Å²) < 4.78 is 5.08. The van der Waals surface area contributed by atoms with Gasteiger partial charge in [0.2, 0.25) is 0 Å². The molecule has 0 radical (unpaired) electrons. The minimum atomic E-state index is -0.182. The van der Waals surface area contributed by atoms with E-state index in [0.717, 1.165) is 12.8 Å². The molecule has 0 bridgehead atoms. The van der Waals surface area contributed by atoms with E-state index in [-0.39, 0.29) is 12.6 Å². The van der Waals surface area contributed by atoms with Crippen molar-refractivity contribution < 1.29 is 14.6 Å². The second kappa shape index (κ2) is 9.47. The second-order valence-corrected chi connectivity index (χ2v) is 5.10. The Morgan fingerprint density at radius 3 is 2.67 bits per heavy atom. The van der Waals surface area contributed by atoms with Gasteiger partial charge in [0.1, 0.15) is 5.75 Å². The van der Waals surface area contributed by atoms with Crippen LogP contribution < -0.4 is 10.1 Å². The van der Waals surface area contributed by atoms with Gasteiger partial charge in [-0.1, -0.05) is 24.9 Å². The molecule has 0 fully saturated rings. The molecular formula is C15H23ClN2O3. The molecule has 6 heteroatoms. The van der Waals surface area contributed by atoms with Gasteiger partial charge in [-0.25, -0.2) is 4.79 Å². The lowest BCUT2D eigenvalue weighted by Crippen LogP contribution is -2.36. The number of anilines is 1. The maximum absolute atomic E-state index is 12.2. The fourth-order valence-corrected chi connectivity index (χ4v) is 2.13. The summed E-state index contributed by atoms with van der Waals surface area (Å²) in [4.78, 5) is 14.0. The zero-order chi connectivity index (χ0) is 15.7. The molecule has 1 aromatic rings. The van der Waals surface area contributed by atoms with Crippen molar-refractivity contribution in [2.75, 3.05) is 32.1 Å². The summed E-state index contributed by atoms with van der Waals surface area (Å²) in [6.07, 6.45) is 2.51. The van der Waals surface area contributed by atoms with Crippen LogP contribution in [0.4, 0.5) is 10.5 Å². The fraction of sp³-hybridized carbons (Fsp3) is 0.533. The number of nitrogens with zero attached hydrogens (tertiary/aromatic N) is 1. The molecule has 1 rings (SSSR count). The van der Waals surface area contributed by atoms with Crippen LogP contribution in [0.15, 0.2) is 18.2 Å². The minimum absolute atomic E-state index is 0.0737. The topological polar surface area (TPSA) is 61.8 Å². The van der Waals surface area contributed by atoms with Crippen molar-refractivity contribution >= 4 is 23.3 Å². The average Bonchev–Trinajstić information content (AvgIpc) is 2.47. The summed E-state index contributed by atoms with van der Waals surface area (Å²) in [5.74, 6) is 0.567. The van der Waals surface area contributed by atoms with Crippen molar-refractivity contribution in [2.24, 2.45) is 0 Å². The average molecular weight is 315 g/mol. The molecule has 21 heavy (non-hydrogen) atoms. The largest absolute Gasteiger partial charge is 0.495 e. The number of aliphatic hydroxyl groups excluding tert-OH is 1. The number of carbonyl (C=O) groups is 1. The summed E-state index contributed by atoms with van der Waals surface area (Å²) >= 11 is 6.04. The van der Waals surface area contributed by atoms with Gasteiger partial charge in [0.15, 0.2) is 0 Å². The molecule has 0 saturated carbocycles. The second-order valence-electron chi connectivity index (χ2n) is 4.70. The number of amides is 2. The van der Waals surface area contributed by atoms with E-state index >= 15 is 0 Å². The van der Waals surface area contributed by atoms with E-state index in [1.807, 2.05) is 0 Å². The van der Waals surface area contributed by atoms with Crippen molar-refractivity contribution in [3.05, 3.63) is 23.2 Å². The Morgan fingerprint density at radius 1 is 1.38 bits per heavy atom. The smallest absolute Gasteiger partial charge is 0.321 e. The van der Waals surface area contributed by atoms with Crippen molar-refractivity contribution in [1.29, 1.82) is 0 Å². The Hall–Kier alpha value is -1.46. The van der Waals surface area contributed by atoms with E-state index in [1.54, 1.807) is 30.2 Å². The first-order valence-corrected chi connectivity index (χ1v) is 7.50. The third-order valence-electron chi connectivity index (χ3n) is 3.06. The molecule has 118 valence electrons. The summed E-state index contributed by atoms with van der Waals surface area (Å²) in [6.45, 7) is 3.36. The maximum Gasteiger partial charge on any atom is 0.321 e. The standard InChI is InChI=1S/C15H23ClN2O3/c1-3-4-8-18(9-5-10-19)15(20)17-12-6-7-14(21-2)13(16)11-12/h6-7,11,19H,3-5,8-10H2,1-2H3,(H,17,20). The van der Waals surface area contributed by atoms with E-state index < -0.39 is 0 Å². The number of benzene rings is 1. The number of hydrogen-bond acceptors (Lipinski definition) is 3. The number of hydrogen-bond donors (Lipinski definition) is 2. The van der Waals surface area contributed by atoms with E-state index in [1.165, 1.54) is 0 Å². The van der Waals surface area contributed by atoms with Gasteiger partial charge in [-0.05, 0) is 31.0 Å². The molecule has 0 heterocycles. The lowest BCUT2D eigenvalue weighted by molar-refractivity contribution is 0.201. The molecule has 2 N–H and O–H groups in total. The minimum Gasteiger partial charge on any atom is -0.495 e. The number of unbranched alkanes of at least 4 members (excludes halogenated alkanes) is 1. The van der Waals surface area contributed by atoms with Gasteiger partial charge in [0.25, 0.3) is 0 Å². The lowest BCUT2D eigenvalue weighted by atomic mass is 10.3. The van der Waals surface area contributed by atoms with Crippen molar-refractivity contribution in [3.8, 4) is 5.75 Å². The van der Waals surface area contributed by atoms with Gasteiger partial charge < -0.3 is 20.1 Å². The third kappa shape index (κ3) is 5.81. The van der Waals surface area contributed by atoms with E-state index in [9.17, 15) is 4.79 Å². The molecule has 0 aliphatic rings. The molecule has 1 aromatic carbocycles. The Kier molecular flexibility index (Phi) is 7.93. The number of nitrogens with one attached hydrogen (secondary N) is 1. The molecule has 0 saturated heterocycles. The first kappa shape index (κ1) is 17.6. The molecule has 0 aliphatic carbocycles. The normalized spacial score (nSPS) is 10.3. The first-order chi connectivity index (χ1) is 10.1. The van der Waals surface area contributed by atoms with Gasteiger partial charge in [-0.2, -0.15) is 0 Å². The number of urea groups is 1. The molecule has 0 atom stereocenters. The molecular weight excluding hydrogens is 292 g/mol. The van der Waals surface area contributed by atoms with Gasteiger partial charge in [0, 0.05) is 25.4 Å². The van der Waals surface area contributed by atoms with Crippen molar-refractivity contribution in [2.45, 2.75) is 26.2 Å². The predicted octanol–water partition coefficient (Wildman–Crippen LogP) is 3.37. The summed E-state index contributed by atoms with van der Waals surface area (Å²) in [7, 11) is 1.54. The Morgan fingerprint density at radius 2 is 2.10 bits per heavy atom. The monoisotopic (exact) mass is 314 g/mol. The molecule has 0 unspecified atom stereocenters. The van der Waals surface area contributed by atoms with Gasteiger partial charge >= 0.3 is 6.03 Å². The van der Waals surface area contributed by atoms with Crippen LogP contribution in [-0.4, -0.2) is 42.8 Å². The molecule has 0 aliphatic heterocycles. The summed E-state index contributed by atoms with van der Waals surface area (Å²) in [6, 6.07) is 4.93. The van der Waals surface area contributed by atoms with Crippen LogP contribution in [0.25, 0.3) is 0 Å². The highest BCUT2D eigenvalue weighted by atomic mass is 35.5. The van der Waals surface area contributed by atoms with E-state index in [2.05, 4.69) is 12.2 Å². The Balaban J connectivity index is 2.68. The van der Waals surface area contributed by atoms with Crippen molar-refractivity contribution in [1.82, 2.24) is 4.90 Å². The number of ether oxygens (including phenoxy) is 1. The number of carbonyl (C=O) groups excluding carboxylic acids is 1. The van der Waals surface area contributed by atoms with Crippen LogP contribution in [0, 0.1) is 0 Å². The zero-order valence-electron chi connectivity index (χ0n) is 12.6.